The lowest BCUT2D eigenvalue weighted by molar-refractivity contribution is 0.162. The Hall–Kier alpha value is -0.590. The highest BCUT2D eigenvalue weighted by atomic mass is 32.2. The van der Waals surface area contributed by atoms with Gasteiger partial charge in [0.05, 0.1) is 18.9 Å². The zero-order valence-corrected chi connectivity index (χ0v) is 11.4. The van der Waals surface area contributed by atoms with E-state index in [1.165, 1.54) is 0 Å². The van der Waals surface area contributed by atoms with Gasteiger partial charge in [-0.3, -0.25) is 0 Å². The Labute approximate surface area is 110 Å². The van der Waals surface area contributed by atoms with Gasteiger partial charge in [-0.1, -0.05) is 18.7 Å². The van der Waals surface area contributed by atoms with Gasteiger partial charge in [-0.05, 0) is 18.6 Å². The molecule has 1 atom stereocenters. The predicted octanol–water partition coefficient (Wildman–Crippen LogP) is 3.25. The molecule has 1 N–H and O–H groups in total. The van der Waals surface area contributed by atoms with Crippen LogP contribution in [-0.4, -0.2) is 25.5 Å². The van der Waals surface area contributed by atoms with E-state index < -0.39 is 5.76 Å². The van der Waals surface area contributed by atoms with Crippen molar-refractivity contribution in [3.63, 3.8) is 0 Å². The lowest BCUT2D eigenvalue weighted by atomic mass is 10.2. The zero-order chi connectivity index (χ0) is 13.4. The van der Waals surface area contributed by atoms with Gasteiger partial charge in [0, 0.05) is 13.2 Å². The van der Waals surface area contributed by atoms with Crippen LogP contribution in [0.15, 0.2) is 16.5 Å². The van der Waals surface area contributed by atoms with E-state index in [2.05, 4.69) is 12.2 Å². The van der Waals surface area contributed by atoms with Gasteiger partial charge in [0.2, 0.25) is 0 Å². The zero-order valence-electron chi connectivity index (χ0n) is 10.6. The molecule has 0 amide bonds. The van der Waals surface area contributed by atoms with E-state index in [1.54, 1.807) is 13.2 Å². The minimum absolute atomic E-state index is 0.201. The first-order chi connectivity index (χ1) is 8.65. The van der Waals surface area contributed by atoms with Crippen molar-refractivity contribution in [1.82, 2.24) is 5.32 Å². The molecular formula is C12H19F2NO2S. The highest BCUT2D eigenvalue weighted by Gasteiger charge is 2.09. The summed E-state index contributed by atoms with van der Waals surface area (Å²) in [6, 6.07) is 3.83. The third kappa shape index (κ3) is 5.84. The molecule has 0 aromatic carbocycles. The normalized spacial score (nSPS) is 13.2. The lowest BCUT2D eigenvalue weighted by Crippen LogP contribution is -2.31. The molecule has 0 radical (unpaired) electrons. The summed E-state index contributed by atoms with van der Waals surface area (Å²) in [5.41, 5.74) is 0. The van der Waals surface area contributed by atoms with Crippen LogP contribution >= 0.6 is 11.8 Å². The Bertz CT molecular complexity index is 334. The second kappa shape index (κ2) is 8.50. The van der Waals surface area contributed by atoms with Gasteiger partial charge in [-0.2, -0.15) is 8.78 Å². The quantitative estimate of drug-likeness (QED) is 0.752. The number of halogens is 2. The van der Waals surface area contributed by atoms with Gasteiger partial charge in [0.1, 0.15) is 11.5 Å². The Morgan fingerprint density at radius 1 is 1.39 bits per heavy atom. The molecule has 1 unspecified atom stereocenters. The molecule has 0 spiro atoms. The topological polar surface area (TPSA) is 34.4 Å². The first kappa shape index (κ1) is 15.5. The van der Waals surface area contributed by atoms with Crippen LogP contribution in [0.5, 0.6) is 0 Å². The molecule has 1 aromatic rings. The molecule has 6 heteroatoms. The molecule has 104 valence electrons. The Morgan fingerprint density at radius 3 is 2.72 bits per heavy atom. The summed E-state index contributed by atoms with van der Waals surface area (Å²) in [5.74, 6) is -0.818. The van der Waals surface area contributed by atoms with Gasteiger partial charge in [-0.15, -0.1) is 0 Å². The van der Waals surface area contributed by atoms with E-state index in [0.717, 1.165) is 12.2 Å². The average Bonchev–Trinajstić information content (AvgIpc) is 2.80. The lowest BCUT2D eigenvalue weighted by Gasteiger charge is -2.14. The van der Waals surface area contributed by atoms with Gasteiger partial charge in [-0.25, -0.2) is 0 Å². The summed E-state index contributed by atoms with van der Waals surface area (Å²) in [4.78, 5) is 0. The first-order valence-electron chi connectivity index (χ1n) is 5.85. The molecular weight excluding hydrogens is 260 g/mol. The molecule has 3 nitrogen and oxygen atoms in total. The predicted molar refractivity (Wildman–Crippen MR) is 68.8 cm³/mol. The molecule has 18 heavy (non-hydrogen) atoms. The minimum atomic E-state index is -2.36. The number of thioether (sulfide) groups is 1. The molecule has 0 fully saturated rings. The molecule has 1 rings (SSSR count). The Kier molecular flexibility index (Phi) is 7.31. The molecule has 0 bridgehead atoms. The van der Waals surface area contributed by atoms with E-state index in [4.69, 9.17) is 9.15 Å². The standard InChI is InChI=1S/C12H19F2NO2S/c1-3-9(7-16-2)15-6-10-4-5-11(17-10)8-18-12(13)14/h4-5,9,12,15H,3,6-8H2,1-2H3. The van der Waals surface area contributed by atoms with Crippen molar-refractivity contribution in [2.24, 2.45) is 0 Å². The van der Waals surface area contributed by atoms with Crippen LogP contribution in [0.3, 0.4) is 0 Å². The number of nitrogens with one attached hydrogen (secondary N) is 1. The second-order valence-electron chi connectivity index (χ2n) is 3.88. The van der Waals surface area contributed by atoms with Crippen molar-refractivity contribution < 1.29 is 17.9 Å². The first-order valence-corrected chi connectivity index (χ1v) is 6.90. The number of methoxy groups -OCH3 is 1. The molecule has 1 aromatic heterocycles. The summed E-state index contributed by atoms with van der Waals surface area (Å²) in [6.45, 7) is 3.30. The maximum absolute atomic E-state index is 12.0. The average molecular weight is 279 g/mol. The number of furan rings is 1. The van der Waals surface area contributed by atoms with E-state index in [0.29, 0.717) is 30.7 Å². The molecule has 0 aliphatic carbocycles. The fraction of sp³-hybridized carbons (Fsp3) is 0.667. The highest BCUT2D eigenvalue weighted by molar-refractivity contribution is 7.98. The minimum Gasteiger partial charge on any atom is -0.464 e. The third-order valence-electron chi connectivity index (χ3n) is 2.49. The number of alkyl halides is 2. The SMILES string of the molecule is CCC(COC)NCc1ccc(CSC(F)F)o1. The molecule has 0 aliphatic heterocycles. The summed E-state index contributed by atoms with van der Waals surface area (Å²) in [7, 11) is 1.66. The second-order valence-corrected chi connectivity index (χ2v) is 4.86. The molecule has 0 aliphatic rings. The van der Waals surface area contributed by atoms with Crippen molar-refractivity contribution in [2.45, 2.75) is 37.4 Å². The van der Waals surface area contributed by atoms with Gasteiger partial charge in [0.15, 0.2) is 0 Å². The molecule has 0 saturated heterocycles. The number of hydrogen-bond donors (Lipinski definition) is 1. The Morgan fingerprint density at radius 2 is 2.11 bits per heavy atom. The summed E-state index contributed by atoms with van der Waals surface area (Å²) in [5, 5.41) is 3.29. The largest absolute Gasteiger partial charge is 0.464 e. The fourth-order valence-corrected chi connectivity index (χ4v) is 1.95. The van der Waals surface area contributed by atoms with Crippen molar-refractivity contribution in [2.75, 3.05) is 13.7 Å². The number of hydrogen-bond acceptors (Lipinski definition) is 4. The van der Waals surface area contributed by atoms with E-state index >= 15 is 0 Å². The summed E-state index contributed by atoms with van der Waals surface area (Å²) in [6.07, 6.45) is 0.961. The molecule has 0 saturated carbocycles. The summed E-state index contributed by atoms with van der Waals surface area (Å²) < 4.78 is 34.5. The van der Waals surface area contributed by atoms with Crippen LogP contribution in [0.2, 0.25) is 0 Å². The highest BCUT2D eigenvalue weighted by Crippen LogP contribution is 2.21. The number of rotatable bonds is 9. The third-order valence-corrected chi connectivity index (χ3v) is 3.20. The smallest absolute Gasteiger partial charge is 0.284 e. The maximum atomic E-state index is 12.0. The monoisotopic (exact) mass is 279 g/mol. The van der Waals surface area contributed by atoms with Gasteiger partial charge in [0.25, 0.3) is 5.76 Å². The van der Waals surface area contributed by atoms with Crippen molar-refractivity contribution >= 4 is 11.8 Å². The van der Waals surface area contributed by atoms with Crippen molar-refractivity contribution in [1.29, 1.82) is 0 Å². The van der Waals surface area contributed by atoms with E-state index in [-0.39, 0.29) is 11.8 Å². The van der Waals surface area contributed by atoms with E-state index in [9.17, 15) is 8.78 Å². The van der Waals surface area contributed by atoms with Crippen LogP contribution in [-0.2, 0) is 17.0 Å². The summed E-state index contributed by atoms with van der Waals surface area (Å²) >= 11 is 0.567. The van der Waals surface area contributed by atoms with E-state index in [1.807, 2.05) is 6.07 Å². The maximum Gasteiger partial charge on any atom is 0.284 e. The molecule has 1 heterocycles. The fourth-order valence-electron chi connectivity index (χ4n) is 1.51. The van der Waals surface area contributed by atoms with Crippen LogP contribution in [0.4, 0.5) is 8.78 Å². The van der Waals surface area contributed by atoms with Gasteiger partial charge < -0.3 is 14.5 Å². The van der Waals surface area contributed by atoms with Crippen LogP contribution < -0.4 is 5.32 Å². The van der Waals surface area contributed by atoms with Gasteiger partial charge >= 0.3 is 0 Å². The van der Waals surface area contributed by atoms with Crippen LogP contribution in [0, 0.1) is 0 Å². The van der Waals surface area contributed by atoms with Crippen molar-refractivity contribution in [3.8, 4) is 0 Å². The van der Waals surface area contributed by atoms with Crippen LogP contribution in [0.1, 0.15) is 24.9 Å². The van der Waals surface area contributed by atoms with Crippen molar-refractivity contribution in [3.05, 3.63) is 23.7 Å². The van der Waals surface area contributed by atoms with Crippen LogP contribution in [0.25, 0.3) is 0 Å². The Balaban J connectivity index is 2.34. The number of ether oxygens (including phenoxy) is 1.